The first-order chi connectivity index (χ1) is 14.0. The second-order valence-corrected chi connectivity index (χ2v) is 8.10. The Balaban J connectivity index is 2.18. The summed E-state index contributed by atoms with van der Waals surface area (Å²) in [7, 11) is 0. The van der Waals surface area contributed by atoms with Crippen molar-refractivity contribution in [3.05, 3.63) is 0 Å². The van der Waals surface area contributed by atoms with Crippen LogP contribution in [0.3, 0.4) is 0 Å². The number of ketones is 2. The molecule has 0 spiro atoms. The summed E-state index contributed by atoms with van der Waals surface area (Å²) in [5.41, 5.74) is 7.29. The van der Waals surface area contributed by atoms with Gasteiger partial charge in [-0.25, -0.2) is 0 Å². The lowest BCUT2D eigenvalue weighted by Crippen LogP contribution is -2.76. The SMILES string of the molecule is CC(N)(NC(C)(N)C(=O)C1OC(O)C(O)C(O)C1O)C(=O)C1OC(O)C(O)C(O)C1O. The number of hydrogen-bond acceptors (Lipinski definition) is 15. The Hall–Kier alpha value is -1.18. The van der Waals surface area contributed by atoms with E-state index < -0.39 is 84.3 Å². The fourth-order valence-corrected chi connectivity index (χ4v) is 3.41. The molecule has 2 saturated heterocycles. The quantitative estimate of drug-likeness (QED) is 0.166. The van der Waals surface area contributed by atoms with Gasteiger partial charge in [0, 0.05) is 0 Å². The molecule has 2 heterocycles. The third kappa shape index (κ3) is 4.93. The van der Waals surface area contributed by atoms with Crippen molar-refractivity contribution in [1.29, 1.82) is 0 Å². The molecular formula is C16H29N3O12. The predicted octanol–water partition coefficient (Wildman–Crippen LogP) is -7.34. The zero-order valence-corrected chi connectivity index (χ0v) is 16.6. The average Bonchev–Trinajstić information content (AvgIpc) is 2.68. The molecule has 31 heavy (non-hydrogen) atoms. The Morgan fingerprint density at radius 3 is 1.23 bits per heavy atom. The highest BCUT2D eigenvalue weighted by Crippen LogP contribution is 2.25. The van der Waals surface area contributed by atoms with Gasteiger partial charge in [0.15, 0.2) is 36.4 Å². The molecule has 12 atom stereocenters. The van der Waals surface area contributed by atoms with Crippen LogP contribution < -0.4 is 16.8 Å². The number of nitrogens with one attached hydrogen (secondary N) is 1. The summed E-state index contributed by atoms with van der Waals surface area (Å²) >= 11 is 0. The van der Waals surface area contributed by atoms with Crippen molar-refractivity contribution in [3.63, 3.8) is 0 Å². The Kier molecular flexibility index (Phi) is 7.56. The summed E-state index contributed by atoms with van der Waals surface area (Å²) in [6, 6.07) is 0. The van der Waals surface area contributed by atoms with Crippen molar-refractivity contribution in [2.45, 2.75) is 86.6 Å². The van der Waals surface area contributed by atoms with Crippen LogP contribution in [0.2, 0.25) is 0 Å². The van der Waals surface area contributed by atoms with Gasteiger partial charge in [0.25, 0.3) is 0 Å². The van der Waals surface area contributed by atoms with Gasteiger partial charge in [-0.1, -0.05) is 0 Å². The van der Waals surface area contributed by atoms with E-state index in [1.807, 2.05) is 0 Å². The average molecular weight is 455 g/mol. The van der Waals surface area contributed by atoms with Crippen LogP contribution in [0.1, 0.15) is 13.8 Å². The van der Waals surface area contributed by atoms with Gasteiger partial charge in [0.05, 0.1) is 0 Å². The number of carbonyl (C=O) groups excluding carboxylic acids is 2. The third-order valence-corrected chi connectivity index (χ3v) is 5.24. The number of aliphatic hydroxyl groups is 8. The summed E-state index contributed by atoms with van der Waals surface area (Å²) in [4.78, 5) is 25.6. The van der Waals surface area contributed by atoms with Crippen LogP contribution >= 0.6 is 0 Å². The van der Waals surface area contributed by atoms with Crippen LogP contribution in [0.4, 0.5) is 0 Å². The van der Waals surface area contributed by atoms with Crippen LogP contribution in [0, 0.1) is 0 Å². The number of hydrogen-bond donors (Lipinski definition) is 11. The van der Waals surface area contributed by atoms with Gasteiger partial charge in [0.1, 0.15) is 47.9 Å². The van der Waals surface area contributed by atoms with Gasteiger partial charge >= 0.3 is 0 Å². The largest absolute Gasteiger partial charge is 0.387 e. The molecule has 2 rings (SSSR count). The summed E-state index contributed by atoms with van der Waals surface area (Å²) < 4.78 is 9.64. The first-order valence-electron chi connectivity index (χ1n) is 9.24. The maximum atomic E-state index is 12.8. The molecule has 15 heteroatoms. The maximum absolute atomic E-state index is 12.8. The van der Waals surface area contributed by atoms with Gasteiger partial charge in [-0.05, 0) is 13.8 Å². The molecule has 2 fully saturated rings. The Morgan fingerprint density at radius 1 is 0.645 bits per heavy atom. The minimum atomic E-state index is -2.25. The molecule has 180 valence electrons. The summed E-state index contributed by atoms with van der Waals surface area (Å²) in [6.45, 7) is 2.05. The van der Waals surface area contributed by atoms with Gasteiger partial charge in [-0.3, -0.25) is 14.9 Å². The summed E-state index contributed by atoms with van der Waals surface area (Å²) in [5.74, 6) is -2.34. The predicted molar refractivity (Wildman–Crippen MR) is 96.1 cm³/mol. The fraction of sp³-hybridized carbons (Fsp3) is 0.875. The van der Waals surface area contributed by atoms with E-state index in [9.17, 15) is 50.4 Å². The molecule has 0 amide bonds. The molecule has 0 aromatic carbocycles. The molecule has 0 saturated carbocycles. The second-order valence-electron chi connectivity index (χ2n) is 8.10. The monoisotopic (exact) mass is 455 g/mol. The first kappa shape index (κ1) is 26.1. The highest BCUT2D eigenvalue weighted by molar-refractivity contribution is 5.95. The molecule has 0 aromatic rings. The normalized spacial score (nSPS) is 45.4. The molecule has 0 aromatic heterocycles. The molecule has 0 aliphatic carbocycles. The fourth-order valence-electron chi connectivity index (χ4n) is 3.41. The number of nitrogens with two attached hydrogens (primary N) is 2. The number of aliphatic hydroxyl groups excluding tert-OH is 8. The lowest BCUT2D eigenvalue weighted by Gasteiger charge is -2.43. The van der Waals surface area contributed by atoms with Crippen LogP contribution in [-0.4, -0.2) is 125 Å². The Morgan fingerprint density at radius 2 is 0.935 bits per heavy atom. The van der Waals surface area contributed by atoms with E-state index in [-0.39, 0.29) is 0 Å². The van der Waals surface area contributed by atoms with E-state index in [0.29, 0.717) is 0 Å². The second kappa shape index (κ2) is 8.99. The van der Waals surface area contributed by atoms with E-state index in [4.69, 9.17) is 20.9 Å². The van der Waals surface area contributed by atoms with E-state index >= 15 is 0 Å². The van der Waals surface area contributed by atoms with E-state index in [1.165, 1.54) is 0 Å². The maximum Gasteiger partial charge on any atom is 0.198 e. The van der Waals surface area contributed by atoms with Gasteiger partial charge in [-0.15, -0.1) is 0 Å². The summed E-state index contributed by atoms with van der Waals surface area (Å²) in [5, 5.41) is 80.0. The van der Waals surface area contributed by atoms with E-state index in [1.54, 1.807) is 0 Å². The number of ether oxygens (including phenoxy) is 2. The Bertz CT molecular complexity index is 635. The highest BCUT2D eigenvalue weighted by Gasteiger charge is 2.54. The lowest BCUT2D eigenvalue weighted by atomic mass is 9.88. The minimum absolute atomic E-state index is 1.03. The van der Waals surface area contributed by atoms with Gasteiger partial charge in [0.2, 0.25) is 0 Å². The molecular weight excluding hydrogens is 426 g/mol. The van der Waals surface area contributed by atoms with Crippen molar-refractivity contribution in [3.8, 4) is 0 Å². The molecule has 0 radical (unpaired) electrons. The summed E-state index contributed by atoms with van der Waals surface area (Å²) in [6.07, 6.45) is -19.5. The lowest BCUT2D eigenvalue weighted by molar-refractivity contribution is -0.277. The van der Waals surface area contributed by atoms with Gasteiger partial charge in [-0.2, -0.15) is 0 Å². The standard InChI is InChI=1S/C16H29N3O12/c1-15(17,11(26)9-5(22)3(20)7(24)13(28)30-9)19-16(2,18)12(27)10-6(23)4(21)8(25)14(29)31-10/h3-10,13-14,19-25,28-29H,17-18H2,1-2H3. The molecule has 2 aliphatic heterocycles. The Labute approximate surface area is 175 Å². The smallest absolute Gasteiger partial charge is 0.198 e. The van der Waals surface area contributed by atoms with Crippen LogP contribution in [0.5, 0.6) is 0 Å². The third-order valence-electron chi connectivity index (χ3n) is 5.24. The zero-order chi connectivity index (χ0) is 24.0. The van der Waals surface area contributed by atoms with E-state index in [0.717, 1.165) is 13.8 Å². The van der Waals surface area contributed by atoms with Crippen molar-refractivity contribution >= 4 is 11.6 Å². The van der Waals surface area contributed by atoms with Crippen LogP contribution in [-0.2, 0) is 19.1 Å². The molecule has 12 unspecified atom stereocenters. The molecule has 2 aliphatic rings. The van der Waals surface area contributed by atoms with Crippen LogP contribution in [0.15, 0.2) is 0 Å². The zero-order valence-electron chi connectivity index (χ0n) is 16.6. The van der Waals surface area contributed by atoms with Crippen molar-refractivity contribution in [2.24, 2.45) is 11.5 Å². The number of rotatable bonds is 6. The van der Waals surface area contributed by atoms with E-state index in [2.05, 4.69) is 5.32 Å². The first-order valence-corrected chi connectivity index (χ1v) is 9.24. The van der Waals surface area contributed by atoms with Crippen molar-refractivity contribution in [1.82, 2.24) is 5.32 Å². The minimum Gasteiger partial charge on any atom is -0.387 e. The van der Waals surface area contributed by atoms with Gasteiger partial charge < -0.3 is 61.8 Å². The topological polar surface area (TPSA) is 279 Å². The highest BCUT2D eigenvalue weighted by atomic mass is 16.6. The number of carbonyl (C=O) groups is 2. The van der Waals surface area contributed by atoms with Crippen molar-refractivity contribution < 1.29 is 59.9 Å². The van der Waals surface area contributed by atoms with Crippen molar-refractivity contribution in [2.75, 3.05) is 0 Å². The molecule has 15 nitrogen and oxygen atoms in total. The van der Waals surface area contributed by atoms with Crippen LogP contribution in [0.25, 0.3) is 0 Å². The molecule has 13 N–H and O–H groups in total. The molecule has 0 bridgehead atoms. The number of Topliss-reactive ketones (excluding diaryl/α,β-unsaturated/α-hetero) is 2.